The lowest BCUT2D eigenvalue weighted by molar-refractivity contribution is 0.143. The largest absolute Gasteiger partial charge is 0.393 e. The summed E-state index contributed by atoms with van der Waals surface area (Å²) >= 11 is 0. The van der Waals surface area contributed by atoms with Crippen LogP contribution in [0.5, 0.6) is 0 Å². The van der Waals surface area contributed by atoms with Crippen LogP contribution in [-0.4, -0.2) is 44.4 Å². The molecule has 4 rings (SSSR count). The Bertz CT molecular complexity index is 978. The number of hydrogen-bond donors (Lipinski definition) is 2. The van der Waals surface area contributed by atoms with E-state index in [0.29, 0.717) is 11.8 Å². The van der Waals surface area contributed by atoms with Crippen molar-refractivity contribution in [2.75, 3.05) is 23.7 Å². The summed E-state index contributed by atoms with van der Waals surface area (Å²) < 4.78 is 5.62. The number of aliphatic hydroxyl groups is 1. The first-order valence-corrected chi connectivity index (χ1v) is 10.3. The van der Waals surface area contributed by atoms with E-state index < -0.39 is 5.41 Å². The average Bonchev–Trinajstić information content (AvgIpc) is 3.25. The van der Waals surface area contributed by atoms with Crippen LogP contribution in [0.15, 0.2) is 41.2 Å². The van der Waals surface area contributed by atoms with Gasteiger partial charge in [-0.15, -0.1) is 0 Å². The van der Waals surface area contributed by atoms with E-state index in [4.69, 9.17) is 15.2 Å². The number of nitrogens with zero attached hydrogens (tertiary/aromatic N) is 5. The van der Waals surface area contributed by atoms with Crippen molar-refractivity contribution in [1.29, 1.82) is 0 Å². The minimum Gasteiger partial charge on any atom is -0.393 e. The second-order valence-electron chi connectivity index (χ2n) is 8.38. The number of nitrogen functional groups attached to an aromatic ring is 1. The first-order valence-electron chi connectivity index (χ1n) is 10.3. The molecule has 158 valence electrons. The highest BCUT2D eigenvalue weighted by atomic mass is 16.5. The fraction of sp³-hybridized carbons (Fsp3) is 0.455. The van der Waals surface area contributed by atoms with Crippen molar-refractivity contribution in [2.24, 2.45) is 5.92 Å². The van der Waals surface area contributed by atoms with Crippen molar-refractivity contribution in [3.63, 3.8) is 0 Å². The van der Waals surface area contributed by atoms with E-state index in [9.17, 15) is 5.11 Å². The Morgan fingerprint density at radius 2 is 1.73 bits per heavy atom. The van der Waals surface area contributed by atoms with Crippen LogP contribution in [0.1, 0.15) is 45.0 Å². The summed E-state index contributed by atoms with van der Waals surface area (Å²) in [5.74, 6) is 1.18. The molecule has 8 heteroatoms. The van der Waals surface area contributed by atoms with Crippen LogP contribution in [0, 0.1) is 5.92 Å². The quantitative estimate of drug-likeness (QED) is 0.662. The van der Waals surface area contributed by atoms with Crippen molar-refractivity contribution < 1.29 is 9.63 Å². The predicted molar refractivity (Wildman–Crippen MR) is 115 cm³/mol. The van der Waals surface area contributed by atoms with Crippen molar-refractivity contribution in [3.05, 3.63) is 48.0 Å². The second kappa shape index (κ2) is 8.02. The fourth-order valence-electron chi connectivity index (χ4n) is 3.83. The Morgan fingerprint density at radius 1 is 1.10 bits per heavy atom. The molecule has 1 atom stereocenters. The van der Waals surface area contributed by atoms with Gasteiger partial charge in [0, 0.05) is 31.0 Å². The third-order valence-electron chi connectivity index (χ3n) is 6.26. The molecule has 1 aliphatic heterocycles. The van der Waals surface area contributed by atoms with Crippen LogP contribution in [0.25, 0.3) is 11.1 Å². The van der Waals surface area contributed by atoms with E-state index in [1.54, 1.807) is 12.4 Å². The molecule has 2 aromatic heterocycles. The average molecular weight is 409 g/mol. The zero-order valence-electron chi connectivity index (χ0n) is 17.6. The second-order valence-corrected chi connectivity index (χ2v) is 8.38. The summed E-state index contributed by atoms with van der Waals surface area (Å²) in [5.41, 5.74) is 8.22. The maximum atomic E-state index is 9.74. The molecular weight excluding hydrogens is 380 g/mol. The molecule has 0 spiro atoms. The number of rotatable bonds is 5. The minimum atomic E-state index is -0.410. The van der Waals surface area contributed by atoms with Crippen molar-refractivity contribution in [3.8, 4) is 11.1 Å². The van der Waals surface area contributed by atoms with Gasteiger partial charge in [-0.2, -0.15) is 4.98 Å². The molecule has 3 N–H and O–H groups in total. The highest BCUT2D eigenvalue weighted by Gasteiger charge is 2.38. The maximum Gasteiger partial charge on any atom is 0.324 e. The predicted octanol–water partition coefficient (Wildman–Crippen LogP) is 3.03. The van der Waals surface area contributed by atoms with Gasteiger partial charge in [-0.3, -0.25) is 0 Å². The SMILES string of the molecule is CC(C)[C@](C)(c1ccc(-c2cnc(N)nc2)cc1)c1noc(N2CCC(O)CC2)n1. The van der Waals surface area contributed by atoms with E-state index in [1.807, 2.05) is 4.90 Å². The number of nitrogens with two attached hydrogens (primary N) is 1. The van der Waals surface area contributed by atoms with E-state index >= 15 is 0 Å². The molecule has 1 saturated heterocycles. The van der Waals surface area contributed by atoms with Crippen molar-refractivity contribution >= 4 is 12.0 Å². The first-order chi connectivity index (χ1) is 14.4. The Morgan fingerprint density at radius 3 is 2.33 bits per heavy atom. The van der Waals surface area contributed by atoms with Gasteiger partial charge in [-0.25, -0.2) is 9.97 Å². The summed E-state index contributed by atoms with van der Waals surface area (Å²) in [6, 6.07) is 8.83. The monoisotopic (exact) mass is 408 g/mol. The fourth-order valence-corrected chi connectivity index (χ4v) is 3.83. The topological polar surface area (TPSA) is 114 Å². The molecule has 0 unspecified atom stereocenters. The van der Waals surface area contributed by atoms with Gasteiger partial charge >= 0.3 is 6.01 Å². The lowest BCUT2D eigenvalue weighted by atomic mass is 9.72. The van der Waals surface area contributed by atoms with E-state index in [0.717, 1.165) is 42.6 Å². The zero-order valence-corrected chi connectivity index (χ0v) is 17.6. The van der Waals surface area contributed by atoms with Gasteiger partial charge in [0.2, 0.25) is 5.95 Å². The molecule has 1 fully saturated rings. The molecule has 0 amide bonds. The number of hydrogen-bond acceptors (Lipinski definition) is 8. The minimum absolute atomic E-state index is 0.241. The number of benzene rings is 1. The highest BCUT2D eigenvalue weighted by molar-refractivity contribution is 5.62. The number of aromatic nitrogens is 4. The molecule has 0 aliphatic carbocycles. The molecule has 0 radical (unpaired) electrons. The summed E-state index contributed by atoms with van der Waals surface area (Å²) in [6.07, 6.45) is 4.64. The normalized spacial score (nSPS) is 17.3. The molecule has 3 aromatic rings. The van der Waals surface area contributed by atoms with Gasteiger partial charge < -0.3 is 20.3 Å². The van der Waals surface area contributed by atoms with Crippen molar-refractivity contribution in [1.82, 2.24) is 20.1 Å². The lowest BCUT2D eigenvalue weighted by Crippen LogP contribution is -2.36. The summed E-state index contributed by atoms with van der Waals surface area (Å²) in [5, 5.41) is 14.1. The Balaban J connectivity index is 1.62. The van der Waals surface area contributed by atoms with Crippen LogP contribution < -0.4 is 10.6 Å². The zero-order chi connectivity index (χ0) is 21.3. The number of anilines is 2. The first kappa shape index (κ1) is 20.3. The van der Waals surface area contributed by atoms with Crippen LogP contribution >= 0.6 is 0 Å². The summed E-state index contributed by atoms with van der Waals surface area (Å²) in [7, 11) is 0. The molecular formula is C22H28N6O2. The highest BCUT2D eigenvalue weighted by Crippen LogP contribution is 2.39. The van der Waals surface area contributed by atoms with Crippen LogP contribution in [0.3, 0.4) is 0 Å². The summed E-state index contributed by atoms with van der Waals surface area (Å²) in [4.78, 5) is 14.9. The van der Waals surface area contributed by atoms with Gasteiger partial charge in [0.15, 0.2) is 5.82 Å². The molecule has 30 heavy (non-hydrogen) atoms. The Kier molecular flexibility index (Phi) is 5.42. The van der Waals surface area contributed by atoms with Crippen LogP contribution in [0.4, 0.5) is 12.0 Å². The van der Waals surface area contributed by atoms with Gasteiger partial charge in [0.1, 0.15) is 0 Å². The Hall–Kier alpha value is -3.00. The van der Waals surface area contributed by atoms with Crippen LogP contribution in [-0.2, 0) is 5.41 Å². The molecule has 8 nitrogen and oxygen atoms in total. The third kappa shape index (κ3) is 3.75. The van der Waals surface area contributed by atoms with E-state index in [2.05, 4.69) is 60.2 Å². The van der Waals surface area contributed by atoms with E-state index in [-0.39, 0.29) is 18.0 Å². The number of piperidine rings is 1. The standard InChI is InChI=1S/C22H28N6O2/c1-14(2)22(3,19-26-21(30-27-19)28-10-8-18(29)9-11-28)17-6-4-15(5-7-17)16-12-24-20(23)25-13-16/h4-7,12-14,18,29H,8-11H2,1-3H3,(H2,23,24,25)/t22-/m1/s1. The van der Waals surface area contributed by atoms with E-state index in [1.165, 1.54) is 0 Å². The summed E-state index contributed by atoms with van der Waals surface area (Å²) in [6.45, 7) is 7.91. The van der Waals surface area contributed by atoms with Gasteiger partial charge in [0.25, 0.3) is 0 Å². The van der Waals surface area contributed by atoms with Gasteiger partial charge in [0.05, 0.1) is 11.5 Å². The molecule has 0 bridgehead atoms. The lowest BCUT2D eigenvalue weighted by Gasteiger charge is -2.31. The van der Waals surface area contributed by atoms with Crippen LogP contribution in [0.2, 0.25) is 0 Å². The van der Waals surface area contributed by atoms with Crippen molar-refractivity contribution in [2.45, 2.75) is 45.1 Å². The molecule has 1 aromatic carbocycles. The third-order valence-corrected chi connectivity index (χ3v) is 6.26. The smallest absolute Gasteiger partial charge is 0.324 e. The maximum absolute atomic E-state index is 9.74. The Labute approximate surface area is 176 Å². The molecule has 3 heterocycles. The molecule has 0 saturated carbocycles. The molecule has 1 aliphatic rings. The number of aliphatic hydroxyl groups excluding tert-OH is 1. The van der Waals surface area contributed by atoms with Gasteiger partial charge in [-0.1, -0.05) is 43.3 Å². The van der Waals surface area contributed by atoms with Gasteiger partial charge in [-0.05, 0) is 36.8 Å².